The lowest BCUT2D eigenvalue weighted by Gasteiger charge is -2.24. The van der Waals surface area contributed by atoms with Crippen molar-refractivity contribution >= 4 is 12.3 Å². The summed E-state index contributed by atoms with van der Waals surface area (Å²) in [6, 6.07) is 21.9. The molecule has 0 aliphatic carbocycles. The van der Waals surface area contributed by atoms with Crippen molar-refractivity contribution < 1.29 is 28.9 Å². The van der Waals surface area contributed by atoms with E-state index < -0.39 is 12.3 Å². The van der Waals surface area contributed by atoms with E-state index in [2.05, 4.69) is 44.2 Å². The number of aliphatic hydroxyl groups excluding tert-OH is 1. The molecular formula is C29H32O6. The number of methoxy groups -OCH3 is 1. The summed E-state index contributed by atoms with van der Waals surface area (Å²) in [6.45, 7) is 4.84. The summed E-state index contributed by atoms with van der Waals surface area (Å²) in [5.41, 5.74) is 3.37. The number of benzene rings is 3. The van der Waals surface area contributed by atoms with E-state index >= 15 is 0 Å². The maximum absolute atomic E-state index is 12.0. The number of aldehydes is 1. The number of rotatable bonds is 8. The molecule has 1 aliphatic rings. The van der Waals surface area contributed by atoms with Crippen LogP contribution in [0.4, 0.5) is 0 Å². The van der Waals surface area contributed by atoms with Crippen molar-refractivity contribution in [2.24, 2.45) is 5.92 Å². The topological polar surface area (TPSA) is 82.1 Å². The zero-order chi connectivity index (χ0) is 25.2. The predicted molar refractivity (Wildman–Crippen MR) is 134 cm³/mol. The molecule has 184 valence electrons. The first kappa shape index (κ1) is 26.0. The van der Waals surface area contributed by atoms with Gasteiger partial charge in [-0.05, 0) is 35.1 Å². The molecule has 35 heavy (non-hydrogen) atoms. The first-order valence-electron chi connectivity index (χ1n) is 11.7. The van der Waals surface area contributed by atoms with Gasteiger partial charge in [-0.15, -0.1) is 0 Å². The van der Waals surface area contributed by atoms with Crippen molar-refractivity contribution in [1.29, 1.82) is 0 Å². The number of hydrogen-bond donors (Lipinski definition) is 1. The Morgan fingerprint density at radius 2 is 1.69 bits per heavy atom. The zero-order valence-corrected chi connectivity index (χ0v) is 20.4. The normalized spacial score (nSPS) is 14.3. The molecule has 6 nitrogen and oxygen atoms in total. The molecule has 4 rings (SSSR count). The maximum Gasteiger partial charge on any atom is 0.340 e. The van der Waals surface area contributed by atoms with Crippen LogP contribution in [0.2, 0.25) is 0 Å². The molecule has 0 fully saturated rings. The molecule has 0 amide bonds. The van der Waals surface area contributed by atoms with Gasteiger partial charge >= 0.3 is 5.97 Å². The van der Waals surface area contributed by atoms with Gasteiger partial charge in [0.05, 0.1) is 24.8 Å². The van der Waals surface area contributed by atoms with Crippen LogP contribution in [0.3, 0.4) is 0 Å². The molecule has 1 unspecified atom stereocenters. The summed E-state index contributed by atoms with van der Waals surface area (Å²) < 4.78 is 15.9. The molecule has 0 aromatic heterocycles. The molecule has 6 heteroatoms. The van der Waals surface area contributed by atoms with Crippen LogP contribution in [0.15, 0.2) is 66.7 Å². The van der Waals surface area contributed by atoms with Gasteiger partial charge in [0.2, 0.25) is 6.29 Å². The van der Waals surface area contributed by atoms with Crippen molar-refractivity contribution in [1.82, 2.24) is 0 Å². The number of cyclic esters (lactones) is 1. The molecule has 1 N–H and O–H groups in total. The largest absolute Gasteiger partial charge is 0.492 e. The Labute approximate surface area is 206 Å². The minimum atomic E-state index is -1.27. The number of esters is 1. The Morgan fingerprint density at radius 1 is 1.06 bits per heavy atom. The van der Waals surface area contributed by atoms with Gasteiger partial charge in [0.25, 0.3) is 0 Å². The van der Waals surface area contributed by atoms with Gasteiger partial charge in [-0.3, -0.25) is 4.79 Å². The maximum atomic E-state index is 12.0. The SMILES string of the molecule is CC(C)Cc1ccccc1.COc1c(OCCc2ccccc2)cc2c(c1C=O)CC(O)OC2=O. The average Bonchev–Trinajstić information content (AvgIpc) is 2.85. The van der Waals surface area contributed by atoms with Gasteiger partial charge in [-0.25, -0.2) is 4.79 Å². The Bertz CT molecular complexity index is 1110. The number of carbonyl (C=O) groups excluding carboxylic acids is 2. The van der Waals surface area contributed by atoms with Crippen LogP contribution >= 0.6 is 0 Å². The third-order valence-corrected chi connectivity index (χ3v) is 5.54. The highest BCUT2D eigenvalue weighted by atomic mass is 16.6. The number of carbonyl (C=O) groups is 2. The molecule has 1 atom stereocenters. The second-order valence-corrected chi connectivity index (χ2v) is 8.70. The van der Waals surface area contributed by atoms with E-state index in [-0.39, 0.29) is 23.3 Å². The Kier molecular flexibility index (Phi) is 9.44. The molecule has 0 saturated carbocycles. The lowest BCUT2D eigenvalue weighted by molar-refractivity contribution is -0.0688. The van der Waals surface area contributed by atoms with Gasteiger partial charge in [0.1, 0.15) is 0 Å². The fourth-order valence-corrected chi connectivity index (χ4v) is 3.96. The van der Waals surface area contributed by atoms with Crippen LogP contribution in [0, 0.1) is 5.92 Å². The Hall–Kier alpha value is -3.64. The van der Waals surface area contributed by atoms with Crippen LogP contribution in [0.1, 0.15) is 51.3 Å². The monoisotopic (exact) mass is 476 g/mol. The van der Waals surface area contributed by atoms with E-state index in [1.807, 2.05) is 30.3 Å². The van der Waals surface area contributed by atoms with E-state index in [0.29, 0.717) is 30.6 Å². The molecule has 3 aromatic carbocycles. The molecule has 3 aromatic rings. The van der Waals surface area contributed by atoms with E-state index in [1.165, 1.54) is 25.2 Å². The lowest BCUT2D eigenvalue weighted by atomic mass is 9.95. The summed E-state index contributed by atoms with van der Waals surface area (Å²) in [5.74, 6) is 0.631. The van der Waals surface area contributed by atoms with E-state index in [9.17, 15) is 14.7 Å². The van der Waals surface area contributed by atoms with E-state index in [4.69, 9.17) is 14.2 Å². The van der Waals surface area contributed by atoms with Crippen molar-refractivity contribution in [2.45, 2.75) is 39.4 Å². The number of fused-ring (bicyclic) bond motifs is 1. The van der Waals surface area contributed by atoms with Crippen molar-refractivity contribution in [3.8, 4) is 11.5 Å². The van der Waals surface area contributed by atoms with Gasteiger partial charge in [-0.2, -0.15) is 0 Å². The van der Waals surface area contributed by atoms with Gasteiger partial charge in [-0.1, -0.05) is 74.5 Å². The standard InChI is InChI=1S/C19H18O6.C10H14/c1-23-18-15(11-20)13-10-17(21)25-19(22)14(13)9-16(18)24-8-7-12-5-3-2-4-6-12;1-9(2)8-10-6-4-3-5-7-10/h2-6,9,11,17,21H,7-8,10H2,1H3;3-7,9H,8H2,1-2H3. The smallest absolute Gasteiger partial charge is 0.340 e. The summed E-state index contributed by atoms with van der Waals surface area (Å²) in [7, 11) is 1.43. The first-order chi connectivity index (χ1) is 16.9. The van der Waals surface area contributed by atoms with Crippen molar-refractivity contribution in [3.63, 3.8) is 0 Å². The summed E-state index contributed by atoms with van der Waals surface area (Å²) in [5, 5.41) is 9.62. The number of aliphatic hydroxyl groups is 1. The van der Waals surface area contributed by atoms with Gasteiger partial charge in [0, 0.05) is 12.8 Å². The van der Waals surface area contributed by atoms with Crippen LogP contribution in [-0.2, 0) is 24.0 Å². The predicted octanol–water partition coefficient (Wildman–Crippen LogP) is 5.05. The minimum absolute atomic E-state index is 0.0375. The number of hydrogen-bond acceptors (Lipinski definition) is 6. The fourth-order valence-electron chi connectivity index (χ4n) is 3.96. The average molecular weight is 477 g/mol. The van der Waals surface area contributed by atoms with E-state index in [1.54, 1.807) is 0 Å². The molecule has 1 aliphatic heterocycles. The molecule has 0 spiro atoms. The fraction of sp³-hybridized carbons (Fsp3) is 0.310. The third-order valence-electron chi connectivity index (χ3n) is 5.54. The third kappa shape index (κ3) is 7.17. The van der Waals surface area contributed by atoms with Gasteiger partial charge < -0.3 is 19.3 Å². The molecular weight excluding hydrogens is 444 g/mol. The van der Waals surface area contributed by atoms with Crippen LogP contribution in [0.5, 0.6) is 11.5 Å². The second-order valence-electron chi connectivity index (χ2n) is 8.70. The van der Waals surface area contributed by atoms with Crippen molar-refractivity contribution in [2.75, 3.05) is 13.7 Å². The molecule has 0 bridgehead atoms. The van der Waals surface area contributed by atoms with Gasteiger partial charge in [0.15, 0.2) is 17.8 Å². The highest BCUT2D eigenvalue weighted by molar-refractivity contribution is 5.97. The van der Waals surface area contributed by atoms with Crippen LogP contribution in [0.25, 0.3) is 0 Å². The number of ether oxygens (including phenoxy) is 3. The van der Waals surface area contributed by atoms with Crippen molar-refractivity contribution in [3.05, 3.63) is 94.5 Å². The summed E-state index contributed by atoms with van der Waals surface area (Å²) in [6.07, 6.45) is 1.23. The molecule has 0 radical (unpaired) electrons. The van der Waals surface area contributed by atoms with E-state index in [0.717, 1.165) is 11.5 Å². The quantitative estimate of drug-likeness (QED) is 0.362. The second kappa shape index (κ2) is 12.7. The summed E-state index contributed by atoms with van der Waals surface area (Å²) >= 11 is 0. The van der Waals surface area contributed by atoms with Crippen LogP contribution in [-0.4, -0.2) is 37.4 Å². The highest BCUT2D eigenvalue weighted by Crippen LogP contribution is 2.38. The molecule has 0 saturated heterocycles. The molecule has 1 heterocycles. The summed E-state index contributed by atoms with van der Waals surface area (Å²) in [4.78, 5) is 23.6. The minimum Gasteiger partial charge on any atom is -0.492 e. The Balaban J connectivity index is 0.000000287. The highest BCUT2D eigenvalue weighted by Gasteiger charge is 2.31. The Morgan fingerprint density at radius 3 is 2.26 bits per heavy atom. The van der Waals surface area contributed by atoms with Crippen LogP contribution < -0.4 is 9.47 Å². The first-order valence-corrected chi connectivity index (χ1v) is 11.7. The lowest BCUT2D eigenvalue weighted by Crippen LogP contribution is -2.28. The zero-order valence-electron chi connectivity index (χ0n) is 20.4.